The molecule has 25 heteroatoms. The molecule has 0 saturated heterocycles. The Labute approximate surface area is 277 Å². The van der Waals surface area contributed by atoms with Crippen LogP contribution in [0, 0.1) is 0 Å². The summed E-state index contributed by atoms with van der Waals surface area (Å²) in [4.78, 5) is 0. The normalized spacial score (nSPS) is 15.3. The van der Waals surface area contributed by atoms with Crippen molar-refractivity contribution in [2.45, 2.75) is 131 Å². The summed E-state index contributed by atoms with van der Waals surface area (Å²) in [5.41, 5.74) is 0. The molecule has 0 rings (SSSR count). The van der Waals surface area contributed by atoms with Gasteiger partial charge in [-0.3, -0.25) is 0 Å². The third kappa shape index (κ3) is 15.2. The Bertz CT molecular complexity index is 843. The van der Waals surface area contributed by atoms with E-state index in [-0.39, 0.29) is 12.8 Å². The molecule has 0 aromatic rings. The Morgan fingerprint density at radius 1 is 0.347 bits per heavy atom. The van der Waals surface area contributed by atoms with E-state index < -0.39 is 156 Å². The van der Waals surface area contributed by atoms with E-state index in [1.807, 2.05) is 0 Å². The second-order valence-electron chi connectivity index (χ2n) is 11.0. The van der Waals surface area contributed by atoms with Gasteiger partial charge in [0.15, 0.2) is 0 Å². The molecular weight excluding hydrogens is 954 g/mol. The van der Waals surface area contributed by atoms with Crippen molar-refractivity contribution < 1.29 is 95.4 Å². The first-order chi connectivity index (χ1) is 21.7. The molecule has 0 aromatic heterocycles. The fourth-order valence-corrected chi connectivity index (χ4v) is 41.8. The van der Waals surface area contributed by atoms with Gasteiger partial charge in [0.2, 0.25) is 0 Å². The van der Waals surface area contributed by atoms with Crippen LogP contribution in [0.25, 0.3) is 0 Å². The summed E-state index contributed by atoms with van der Waals surface area (Å²) in [7, 11) is 0. The van der Waals surface area contributed by atoms with Crippen molar-refractivity contribution in [3.05, 3.63) is 0 Å². The number of hydrogen-bond donors (Lipinski definition) is 0. The zero-order valence-corrected chi connectivity index (χ0v) is 31.4. The molecule has 0 aliphatic carbocycles. The minimum atomic E-state index is -9.44. The van der Waals surface area contributed by atoms with Crippen molar-refractivity contribution in [1.29, 1.82) is 0 Å². The Morgan fingerprint density at radius 2 is 0.551 bits per heavy atom. The first-order valence-corrected chi connectivity index (χ1v) is 24.8. The quantitative estimate of drug-likeness (QED) is 0.0615. The number of halogens is 20. The second kappa shape index (κ2) is 17.9. The molecule has 0 aliphatic heterocycles. The van der Waals surface area contributed by atoms with Gasteiger partial charge in [0.25, 0.3) is 0 Å². The third-order valence-electron chi connectivity index (χ3n) is 6.71. The Kier molecular flexibility index (Phi) is 18.0. The summed E-state index contributed by atoms with van der Waals surface area (Å²) in [5.74, 6) is 0. The molecule has 0 aromatic carbocycles. The van der Waals surface area contributed by atoms with Crippen molar-refractivity contribution in [2.75, 3.05) is 13.2 Å². The van der Waals surface area contributed by atoms with Gasteiger partial charge < -0.3 is 0 Å². The van der Waals surface area contributed by atoms with Crippen LogP contribution in [0.15, 0.2) is 0 Å². The van der Waals surface area contributed by atoms with Crippen molar-refractivity contribution in [3.63, 3.8) is 0 Å². The van der Waals surface area contributed by atoms with E-state index in [4.69, 9.17) is 0 Å². The average molecular weight is 988 g/mol. The van der Waals surface area contributed by atoms with E-state index in [2.05, 4.69) is 7.56 Å². The average Bonchev–Trinajstić information content (AvgIpc) is 2.90. The molecule has 0 fully saturated rings. The molecule has 0 radical (unpaired) electrons. The molecule has 0 aliphatic rings. The maximum absolute atomic E-state index is 16.0. The van der Waals surface area contributed by atoms with E-state index in [0.29, 0.717) is 0 Å². The van der Waals surface area contributed by atoms with Gasteiger partial charge in [0.05, 0.1) is 0 Å². The van der Waals surface area contributed by atoms with Gasteiger partial charge in [0.1, 0.15) is 0 Å². The predicted molar refractivity (Wildman–Crippen MR) is 135 cm³/mol. The standard InChI is InChI=1S/4C4H4F5.2C4H9O.O.2Sn/c4*5-3(6)1-2-4(7,8)9;2*1-2-3-4-5;;;/h4*1-2H2;2*2-4H2,1H3;;;/q;;;;2*-1;;2*+1. The summed E-state index contributed by atoms with van der Waals surface area (Å²) in [6.45, 7) is -0.762. The first-order valence-electron chi connectivity index (χ1n) is 14.4. The molecule has 0 saturated carbocycles. The Balaban J connectivity index is 8.28. The second-order valence-corrected chi connectivity index (χ2v) is 32.5. The number of unbranched alkanes of at least 4 members (excludes halogenated alkanes) is 2. The van der Waals surface area contributed by atoms with E-state index in [1.54, 1.807) is 0 Å². The van der Waals surface area contributed by atoms with Crippen molar-refractivity contribution in [2.24, 2.45) is 0 Å². The van der Waals surface area contributed by atoms with Gasteiger partial charge in [-0.25, -0.2) is 0 Å². The third-order valence-corrected chi connectivity index (χ3v) is 36.7. The van der Waals surface area contributed by atoms with Gasteiger partial charge >= 0.3 is 278 Å². The molecule has 0 N–H and O–H groups in total. The van der Waals surface area contributed by atoms with E-state index in [1.165, 1.54) is 13.8 Å². The summed E-state index contributed by atoms with van der Waals surface area (Å²) in [6.07, 6.45) is -47.6. The van der Waals surface area contributed by atoms with Gasteiger partial charge in [0, 0.05) is 0 Å². The molecule has 0 spiro atoms. The molecule has 0 heterocycles. The topological polar surface area (TPSA) is 27.7 Å². The monoisotopic (exact) mass is 990 g/mol. The summed E-state index contributed by atoms with van der Waals surface area (Å²) in [5, 5.41) is 0. The van der Waals surface area contributed by atoms with Gasteiger partial charge in [-0.05, 0) is 0 Å². The fourth-order valence-electron chi connectivity index (χ4n) is 4.09. The number of rotatable bonds is 22. The SMILES string of the molecule is CCCC[O][Sn]([O][Sn]([O]CCCC)([C](F)(F)CCC(F)(F)F)[C](F)(F)CCC(F)(F)F)([C](F)(F)CCC(F)(F)F)[C](F)(F)CCC(F)(F)F. The number of hydrogen-bond acceptors (Lipinski definition) is 3. The molecule has 0 atom stereocenters. The van der Waals surface area contributed by atoms with Crippen LogP contribution in [0.3, 0.4) is 0 Å². The zero-order chi connectivity index (χ0) is 39.0. The predicted octanol–water partition coefficient (Wildman–Crippen LogP) is 11.6. The van der Waals surface area contributed by atoms with Gasteiger partial charge in [-0.15, -0.1) is 0 Å². The summed E-state index contributed by atoms with van der Waals surface area (Å²) < 4.78 is 274. The van der Waals surface area contributed by atoms with Crippen LogP contribution in [0.5, 0.6) is 0 Å². The Morgan fingerprint density at radius 3 is 0.714 bits per heavy atom. The Hall–Kier alpha value is 0.0774. The van der Waals surface area contributed by atoms with Crippen LogP contribution in [0.4, 0.5) is 87.8 Å². The zero-order valence-electron chi connectivity index (χ0n) is 25.7. The molecule has 296 valence electrons. The summed E-state index contributed by atoms with van der Waals surface area (Å²) >= 11 is -18.9. The van der Waals surface area contributed by atoms with Crippen LogP contribution >= 0.6 is 0 Å². The molecule has 0 amide bonds. The van der Waals surface area contributed by atoms with Gasteiger partial charge in [-0.1, -0.05) is 0 Å². The van der Waals surface area contributed by atoms with Gasteiger partial charge in [-0.2, -0.15) is 0 Å². The minimum absolute atomic E-state index is 0.255. The van der Waals surface area contributed by atoms with Crippen LogP contribution < -0.4 is 0 Å². The van der Waals surface area contributed by atoms with E-state index in [0.717, 1.165) is 0 Å². The van der Waals surface area contributed by atoms with Crippen molar-refractivity contribution in [3.8, 4) is 0 Å². The van der Waals surface area contributed by atoms with Crippen LogP contribution in [-0.2, 0) is 7.56 Å². The molecular formula is C24H34F20O3Sn2. The fraction of sp³-hybridized carbons (Fsp3) is 1.00. The molecule has 0 bridgehead atoms. The maximum atomic E-state index is 16.0. The molecule has 49 heavy (non-hydrogen) atoms. The van der Waals surface area contributed by atoms with Crippen LogP contribution in [0.1, 0.15) is 90.9 Å². The van der Waals surface area contributed by atoms with Crippen molar-refractivity contribution >= 4 is 38.4 Å². The molecule has 0 unspecified atom stereocenters. The van der Waals surface area contributed by atoms with E-state index in [9.17, 15) is 52.7 Å². The molecule has 3 nitrogen and oxygen atoms in total. The van der Waals surface area contributed by atoms with Crippen LogP contribution in [0.2, 0.25) is 0 Å². The van der Waals surface area contributed by atoms with Crippen molar-refractivity contribution in [1.82, 2.24) is 0 Å². The van der Waals surface area contributed by atoms with E-state index >= 15 is 35.1 Å². The summed E-state index contributed by atoms with van der Waals surface area (Å²) in [6, 6.07) is 0. The first kappa shape index (κ1) is 49.1. The number of alkyl halides is 20. The van der Waals surface area contributed by atoms with Crippen LogP contribution in [-0.4, -0.2) is 92.1 Å².